The fourth-order valence-corrected chi connectivity index (χ4v) is 1.34. The molecule has 70 valence electrons. The highest BCUT2D eigenvalue weighted by Gasteiger charge is 2.24. The van der Waals surface area contributed by atoms with Gasteiger partial charge in [0, 0.05) is 7.11 Å². The predicted octanol–water partition coefficient (Wildman–Crippen LogP) is 2.35. The molecule has 0 spiro atoms. The Morgan fingerprint density at radius 1 is 1.33 bits per heavy atom. The van der Waals surface area contributed by atoms with Crippen LogP contribution < -0.4 is 0 Å². The highest BCUT2D eigenvalue weighted by atomic mass is 16.7. The summed E-state index contributed by atoms with van der Waals surface area (Å²) in [6, 6.07) is 0. The molecular formula is C10H18O2. The third-order valence-electron chi connectivity index (χ3n) is 2.19. The van der Waals surface area contributed by atoms with Crippen LogP contribution in [0.1, 0.15) is 27.2 Å². The van der Waals surface area contributed by atoms with Crippen molar-refractivity contribution in [2.45, 2.75) is 39.1 Å². The van der Waals surface area contributed by atoms with Crippen LogP contribution in [0.5, 0.6) is 0 Å². The minimum absolute atomic E-state index is 0.231. The number of methoxy groups -OCH3 is 1. The standard InChI is InChI=1S/C10H18O2/c1-8-5-6-9(7-8)12-10(2,3)11-4/h5-6,8-9H,7H2,1-4H3. The zero-order valence-electron chi connectivity index (χ0n) is 8.33. The zero-order chi connectivity index (χ0) is 9.19. The molecule has 12 heavy (non-hydrogen) atoms. The summed E-state index contributed by atoms with van der Waals surface area (Å²) < 4.78 is 10.9. The van der Waals surface area contributed by atoms with Crippen LogP contribution in [0.2, 0.25) is 0 Å². The zero-order valence-corrected chi connectivity index (χ0v) is 8.33. The van der Waals surface area contributed by atoms with Gasteiger partial charge in [-0.15, -0.1) is 0 Å². The van der Waals surface area contributed by atoms with Crippen molar-refractivity contribution in [2.24, 2.45) is 5.92 Å². The van der Waals surface area contributed by atoms with Crippen molar-refractivity contribution < 1.29 is 9.47 Å². The van der Waals surface area contributed by atoms with Crippen molar-refractivity contribution in [3.63, 3.8) is 0 Å². The first-order chi connectivity index (χ1) is 5.53. The second-order valence-corrected chi connectivity index (χ2v) is 3.86. The van der Waals surface area contributed by atoms with Crippen molar-refractivity contribution >= 4 is 0 Å². The maximum Gasteiger partial charge on any atom is 0.163 e. The summed E-state index contributed by atoms with van der Waals surface area (Å²) in [5.41, 5.74) is 0. The number of hydrogen-bond donors (Lipinski definition) is 0. The van der Waals surface area contributed by atoms with Crippen LogP contribution >= 0.6 is 0 Å². The van der Waals surface area contributed by atoms with Crippen molar-refractivity contribution in [1.82, 2.24) is 0 Å². The fourth-order valence-electron chi connectivity index (χ4n) is 1.34. The number of hydrogen-bond acceptors (Lipinski definition) is 2. The highest BCUT2D eigenvalue weighted by Crippen LogP contribution is 2.24. The molecule has 0 saturated heterocycles. The molecule has 0 N–H and O–H groups in total. The molecule has 0 bridgehead atoms. The van der Waals surface area contributed by atoms with E-state index >= 15 is 0 Å². The Balaban J connectivity index is 2.38. The van der Waals surface area contributed by atoms with Gasteiger partial charge in [-0.05, 0) is 26.2 Å². The molecule has 2 nitrogen and oxygen atoms in total. The first kappa shape index (κ1) is 9.75. The average molecular weight is 170 g/mol. The number of ether oxygens (including phenoxy) is 2. The molecule has 1 aliphatic rings. The van der Waals surface area contributed by atoms with E-state index in [-0.39, 0.29) is 6.10 Å². The van der Waals surface area contributed by atoms with Gasteiger partial charge in [-0.2, -0.15) is 0 Å². The van der Waals surface area contributed by atoms with Crippen molar-refractivity contribution in [1.29, 1.82) is 0 Å². The van der Waals surface area contributed by atoms with Gasteiger partial charge < -0.3 is 9.47 Å². The summed E-state index contributed by atoms with van der Waals surface area (Å²) in [5.74, 6) is 0.182. The van der Waals surface area contributed by atoms with Crippen molar-refractivity contribution in [3.05, 3.63) is 12.2 Å². The van der Waals surface area contributed by atoms with E-state index < -0.39 is 5.79 Å². The monoisotopic (exact) mass is 170 g/mol. The van der Waals surface area contributed by atoms with E-state index in [1.165, 1.54) is 0 Å². The summed E-state index contributed by atoms with van der Waals surface area (Å²) in [4.78, 5) is 0. The molecule has 0 heterocycles. The van der Waals surface area contributed by atoms with Gasteiger partial charge in [-0.3, -0.25) is 0 Å². The summed E-state index contributed by atoms with van der Waals surface area (Å²) >= 11 is 0. The van der Waals surface area contributed by atoms with Crippen LogP contribution in [0.3, 0.4) is 0 Å². The van der Waals surface area contributed by atoms with Crippen molar-refractivity contribution in [2.75, 3.05) is 7.11 Å². The van der Waals surface area contributed by atoms with Crippen molar-refractivity contribution in [3.8, 4) is 0 Å². The Hall–Kier alpha value is -0.340. The van der Waals surface area contributed by atoms with Gasteiger partial charge in [0.15, 0.2) is 5.79 Å². The van der Waals surface area contributed by atoms with Crippen LogP contribution in [-0.4, -0.2) is 19.0 Å². The summed E-state index contributed by atoms with van der Waals surface area (Å²) in [5, 5.41) is 0. The normalized spacial score (nSPS) is 29.7. The molecule has 0 fully saturated rings. The molecule has 1 rings (SSSR count). The molecule has 0 aromatic heterocycles. The fraction of sp³-hybridized carbons (Fsp3) is 0.800. The minimum atomic E-state index is -0.459. The van der Waals surface area contributed by atoms with E-state index in [1.54, 1.807) is 7.11 Å². The van der Waals surface area contributed by atoms with Crippen LogP contribution in [0.25, 0.3) is 0 Å². The van der Waals surface area contributed by atoms with E-state index in [4.69, 9.17) is 9.47 Å². The first-order valence-electron chi connectivity index (χ1n) is 4.45. The van der Waals surface area contributed by atoms with E-state index in [0.717, 1.165) is 6.42 Å². The third kappa shape index (κ3) is 2.61. The Morgan fingerprint density at radius 3 is 2.42 bits per heavy atom. The molecule has 0 aromatic rings. The van der Waals surface area contributed by atoms with E-state index in [0.29, 0.717) is 5.92 Å². The van der Waals surface area contributed by atoms with Gasteiger partial charge in [0.1, 0.15) is 0 Å². The minimum Gasteiger partial charge on any atom is -0.354 e. The predicted molar refractivity (Wildman–Crippen MR) is 48.9 cm³/mol. The second kappa shape index (κ2) is 3.58. The Bertz CT molecular complexity index is 173. The Morgan fingerprint density at radius 2 is 2.00 bits per heavy atom. The lowest BCUT2D eigenvalue weighted by Gasteiger charge is -2.26. The SMILES string of the molecule is COC(C)(C)OC1C=CC(C)C1. The van der Waals surface area contributed by atoms with Crippen LogP contribution in [0, 0.1) is 5.92 Å². The average Bonchev–Trinajstić information content (AvgIpc) is 2.35. The van der Waals surface area contributed by atoms with Gasteiger partial charge in [-0.25, -0.2) is 0 Å². The van der Waals surface area contributed by atoms with Crippen LogP contribution in [0.4, 0.5) is 0 Å². The van der Waals surface area contributed by atoms with Gasteiger partial charge in [-0.1, -0.05) is 19.1 Å². The molecule has 0 radical (unpaired) electrons. The molecule has 2 atom stereocenters. The molecular weight excluding hydrogens is 152 g/mol. The molecule has 2 unspecified atom stereocenters. The van der Waals surface area contributed by atoms with Crippen LogP contribution in [-0.2, 0) is 9.47 Å². The molecule has 2 heteroatoms. The number of allylic oxidation sites excluding steroid dienone is 1. The van der Waals surface area contributed by atoms with Gasteiger partial charge in [0.05, 0.1) is 6.10 Å². The quantitative estimate of drug-likeness (QED) is 0.478. The topological polar surface area (TPSA) is 18.5 Å². The Kier molecular flexibility index (Phi) is 2.91. The molecule has 0 saturated carbocycles. The maximum atomic E-state index is 5.71. The highest BCUT2D eigenvalue weighted by molar-refractivity contribution is 5.02. The Labute approximate surface area is 74.6 Å². The molecule has 0 aromatic carbocycles. The van der Waals surface area contributed by atoms with Gasteiger partial charge in [0.2, 0.25) is 0 Å². The lowest BCUT2D eigenvalue weighted by Crippen LogP contribution is -2.31. The molecule has 0 aliphatic heterocycles. The number of rotatable bonds is 3. The van der Waals surface area contributed by atoms with Gasteiger partial charge >= 0.3 is 0 Å². The third-order valence-corrected chi connectivity index (χ3v) is 2.19. The van der Waals surface area contributed by atoms with E-state index in [2.05, 4.69) is 19.1 Å². The van der Waals surface area contributed by atoms with Crippen LogP contribution in [0.15, 0.2) is 12.2 Å². The molecule has 1 aliphatic carbocycles. The summed E-state index contributed by atoms with van der Waals surface area (Å²) in [7, 11) is 1.67. The summed E-state index contributed by atoms with van der Waals surface area (Å²) in [6.07, 6.45) is 5.62. The lowest BCUT2D eigenvalue weighted by molar-refractivity contribution is -0.214. The lowest BCUT2D eigenvalue weighted by atomic mass is 10.1. The largest absolute Gasteiger partial charge is 0.354 e. The van der Waals surface area contributed by atoms with E-state index in [1.807, 2.05) is 13.8 Å². The maximum absolute atomic E-state index is 5.71. The summed E-state index contributed by atoms with van der Waals surface area (Å²) in [6.45, 7) is 6.06. The smallest absolute Gasteiger partial charge is 0.163 e. The first-order valence-corrected chi connectivity index (χ1v) is 4.45. The molecule has 0 amide bonds. The van der Waals surface area contributed by atoms with E-state index in [9.17, 15) is 0 Å². The second-order valence-electron chi connectivity index (χ2n) is 3.86. The van der Waals surface area contributed by atoms with Gasteiger partial charge in [0.25, 0.3) is 0 Å².